The second-order valence-electron chi connectivity index (χ2n) is 8.71. The highest BCUT2D eigenvalue weighted by Crippen LogP contribution is 2.29. The normalized spacial score (nSPS) is 11.9. The third kappa shape index (κ3) is 7.57. The van der Waals surface area contributed by atoms with Gasteiger partial charge in [-0.15, -0.1) is 0 Å². The van der Waals surface area contributed by atoms with Gasteiger partial charge >= 0.3 is 12.0 Å². The number of carbonyl (C=O) groups excluding carboxylic acids is 1. The lowest BCUT2D eigenvalue weighted by Gasteiger charge is -2.16. The second-order valence-corrected chi connectivity index (χ2v) is 11.2. The van der Waals surface area contributed by atoms with Crippen LogP contribution in [0.3, 0.4) is 0 Å². The van der Waals surface area contributed by atoms with Crippen molar-refractivity contribution >= 4 is 50.9 Å². The number of rotatable bonds is 10. The number of benzene rings is 3. The maximum absolute atomic E-state index is 12.8. The molecule has 0 aliphatic rings. The quantitative estimate of drug-likeness (QED) is 0.194. The number of carboxylic acids is 1. The van der Waals surface area contributed by atoms with Crippen LogP contribution in [-0.4, -0.2) is 36.6 Å². The molecule has 0 spiro atoms. The van der Waals surface area contributed by atoms with Gasteiger partial charge in [0.25, 0.3) is 0 Å². The summed E-state index contributed by atoms with van der Waals surface area (Å²) in [7, 11) is -4.25. The van der Waals surface area contributed by atoms with E-state index >= 15 is 0 Å². The number of aliphatic carboxylic acids is 1. The first-order valence-corrected chi connectivity index (χ1v) is 14.2. The van der Waals surface area contributed by atoms with Gasteiger partial charge in [-0.05, 0) is 65.1 Å². The summed E-state index contributed by atoms with van der Waals surface area (Å²) < 4.78 is 27.8. The molecule has 0 radical (unpaired) electrons. The van der Waals surface area contributed by atoms with Crippen molar-refractivity contribution in [3.05, 3.63) is 112 Å². The van der Waals surface area contributed by atoms with Crippen LogP contribution in [0.5, 0.6) is 0 Å². The van der Waals surface area contributed by atoms with E-state index in [1.165, 1.54) is 18.2 Å². The molecule has 0 saturated heterocycles. The number of urea groups is 1. The molecule has 206 valence electrons. The molecule has 1 heterocycles. The Morgan fingerprint density at radius 3 is 2.27 bits per heavy atom. The lowest BCUT2D eigenvalue weighted by molar-refractivity contribution is -0.138. The number of halogens is 2. The molecule has 0 fully saturated rings. The number of carboxylic acid groups (broad SMARTS) is 1. The molecule has 40 heavy (non-hydrogen) atoms. The number of pyridine rings is 1. The number of nitrogens with one attached hydrogen (secondary N) is 3. The molecule has 9 nitrogen and oxygen atoms in total. The molecule has 2 amide bonds. The van der Waals surface area contributed by atoms with Crippen LogP contribution in [0.1, 0.15) is 11.1 Å². The Hall–Kier alpha value is -3.96. The van der Waals surface area contributed by atoms with Crippen molar-refractivity contribution in [2.75, 3.05) is 5.32 Å². The zero-order valence-corrected chi connectivity index (χ0v) is 23.2. The zero-order valence-electron chi connectivity index (χ0n) is 20.8. The van der Waals surface area contributed by atoms with Gasteiger partial charge in [0.1, 0.15) is 10.9 Å². The van der Waals surface area contributed by atoms with Crippen LogP contribution in [0.15, 0.2) is 96.2 Å². The predicted molar refractivity (Wildman–Crippen MR) is 154 cm³/mol. The van der Waals surface area contributed by atoms with Gasteiger partial charge in [-0.25, -0.2) is 13.2 Å². The molecule has 4 rings (SSSR count). The first kappa shape index (κ1) is 29.0. The van der Waals surface area contributed by atoms with E-state index in [4.69, 9.17) is 23.2 Å². The molecule has 0 bridgehead atoms. The summed E-state index contributed by atoms with van der Waals surface area (Å²) in [5, 5.41) is 15.1. The van der Waals surface area contributed by atoms with Crippen molar-refractivity contribution in [2.24, 2.45) is 0 Å². The Balaban J connectivity index is 1.41. The maximum Gasteiger partial charge on any atom is 0.322 e. The molecule has 3 aromatic carbocycles. The van der Waals surface area contributed by atoms with E-state index in [9.17, 15) is 23.1 Å². The van der Waals surface area contributed by atoms with Crippen molar-refractivity contribution in [3.63, 3.8) is 0 Å². The summed E-state index contributed by atoms with van der Waals surface area (Å²) in [5.74, 6) is -1.34. The minimum Gasteiger partial charge on any atom is -0.480 e. The molecule has 0 aliphatic heterocycles. The SMILES string of the molecule is O=C(NCc1ccncc1)Nc1cccc(-c2ccc(CC(NS(=O)(=O)c3cccc(Cl)c3Cl)C(=O)O)cc2)c1. The topological polar surface area (TPSA) is 137 Å². The predicted octanol–water partition coefficient (Wildman–Crippen LogP) is 5.35. The number of hydrogen-bond donors (Lipinski definition) is 4. The van der Waals surface area contributed by atoms with E-state index in [0.29, 0.717) is 17.8 Å². The Morgan fingerprint density at radius 2 is 1.57 bits per heavy atom. The van der Waals surface area contributed by atoms with E-state index in [1.807, 2.05) is 24.3 Å². The summed E-state index contributed by atoms with van der Waals surface area (Å²) in [6.07, 6.45) is 3.20. The van der Waals surface area contributed by atoms with E-state index in [2.05, 4.69) is 20.3 Å². The fraction of sp³-hybridized carbons (Fsp3) is 0.107. The lowest BCUT2D eigenvalue weighted by Crippen LogP contribution is -2.42. The van der Waals surface area contributed by atoms with Gasteiger partial charge in [0, 0.05) is 24.6 Å². The number of amides is 2. The van der Waals surface area contributed by atoms with E-state index in [1.54, 1.807) is 48.8 Å². The van der Waals surface area contributed by atoms with Crippen molar-refractivity contribution in [1.29, 1.82) is 0 Å². The van der Waals surface area contributed by atoms with Gasteiger partial charge < -0.3 is 15.7 Å². The van der Waals surface area contributed by atoms with Crippen molar-refractivity contribution in [1.82, 2.24) is 15.0 Å². The van der Waals surface area contributed by atoms with E-state index in [-0.39, 0.29) is 27.4 Å². The second kappa shape index (κ2) is 12.9. The fourth-order valence-electron chi connectivity index (χ4n) is 3.83. The van der Waals surface area contributed by atoms with Gasteiger partial charge in [0.15, 0.2) is 0 Å². The number of hydrogen-bond acceptors (Lipinski definition) is 5. The molecule has 4 N–H and O–H groups in total. The standard InChI is InChI=1S/C28H24Cl2N4O5S/c29-23-5-2-6-25(26(23)30)40(38,39)34-24(27(35)36)15-18-7-9-20(10-8-18)21-3-1-4-22(16-21)33-28(37)32-17-19-11-13-31-14-12-19/h1-14,16,24,34H,15,17H2,(H,35,36)(H2,32,33,37). The number of sulfonamides is 1. The minimum atomic E-state index is -4.25. The van der Waals surface area contributed by atoms with Gasteiger partial charge in [0.05, 0.1) is 10.0 Å². The molecule has 4 aromatic rings. The zero-order chi connectivity index (χ0) is 28.7. The average Bonchev–Trinajstić information content (AvgIpc) is 2.94. The number of anilines is 1. The summed E-state index contributed by atoms with van der Waals surface area (Å²) in [4.78, 5) is 27.8. The summed E-state index contributed by atoms with van der Waals surface area (Å²) in [6, 6.07) is 20.2. The van der Waals surface area contributed by atoms with Crippen LogP contribution < -0.4 is 15.4 Å². The Kier molecular flexibility index (Phi) is 9.38. The lowest BCUT2D eigenvalue weighted by atomic mass is 10.0. The van der Waals surface area contributed by atoms with Crippen LogP contribution in [0.4, 0.5) is 10.5 Å². The van der Waals surface area contributed by atoms with Crippen LogP contribution in [-0.2, 0) is 27.8 Å². The third-order valence-electron chi connectivity index (χ3n) is 5.85. The first-order valence-electron chi connectivity index (χ1n) is 11.9. The molecule has 0 aliphatic carbocycles. The van der Waals surface area contributed by atoms with E-state index in [0.717, 1.165) is 16.7 Å². The monoisotopic (exact) mass is 598 g/mol. The van der Waals surface area contributed by atoms with Crippen LogP contribution in [0.25, 0.3) is 11.1 Å². The van der Waals surface area contributed by atoms with Crippen LogP contribution in [0, 0.1) is 0 Å². The van der Waals surface area contributed by atoms with Gasteiger partial charge in [-0.1, -0.05) is 65.7 Å². The number of nitrogens with zero attached hydrogens (tertiary/aromatic N) is 1. The number of aromatic nitrogens is 1. The first-order chi connectivity index (χ1) is 19.1. The van der Waals surface area contributed by atoms with E-state index < -0.39 is 22.0 Å². The summed E-state index contributed by atoms with van der Waals surface area (Å²) >= 11 is 11.9. The largest absolute Gasteiger partial charge is 0.480 e. The highest BCUT2D eigenvalue weighted by atomic mass is 35.5. The summed E-state index contributed by atoms with van der Waals surface area (Å²) in [6.45, 7) is 0.356. The Morgan fingerprint density at radius 1 is 0.875 bits per heavy atom. The molecule has 0 saturated carbocycles. The summed E-state index contributed by atoms with van der Waals surface area (Å²) in [5.41, 5.74) is 3.76. The molecule has 1 atom stereocenters. The van der Waals surface area contributed by atoms with Crippen molar-refractivity contribution in [3.8, 4) is 11.1 Å². The maximum atomic E-state index is 12.8. The third-order valence-corrected chi connectivity index (χ3v) is 8.30. The van der Waals surface area contributed by atoms with Gasteiger partial charge in [-0.2, -0.15) is 4.72 Å². The molecule has 12 heteroatoms. The molecular weight excluding hydrogens is 575 g/mol. The smallest absolute Gasteiger partial charge is 0.322 e. The van der Waals surface area contributed by atoms with Gasteiger partial charge in [0.2, 0.25) is 10.0 Å². The highest BCUT2D eigenvalue weighted by Gasteiger charge is 2.28. The van der Waals surface area contributed by atoms with Crippen LogP contribution >= 0.6 is 23.2 Å². The molecule has 1 aromatic heterocycles. The fourth-order valence-corrected chi connectivity index (χ4v) is 5.78. The van der Waals surface area contributed by atoms with Crippen molar-refractivity contribution in [2.45, 2.75) is 23.9 Å². The Bertz CT molecular complexity index is 1620. The highest BCUT2D eigenvalue weighted by molar-refractivity contribution is 7.89. The van der Waals surface area contributed by atoms with Crippen LogP contribution in [0.2, 0.25) is 10.0 Å². The Labute approximate surface area is 241 Å². The molecule has 1 unspecified atom stereocenters. The molecular formula is C28H24Cl2N4O5S. The minimum absolute atomic E-state index is 0.0388. The van der Waals surface area contributed by atoms with Crippen molar-refractivity contribution < 1.29 is 23.1 Å². The van der Waals surface area contributed by atoms with Gasteiger partial charge in [-0.3, -0.25) is 9.78 Å². The number of carbonyl (C=O) groups is 2. The average molecular weight is 599 g/mol.